The van der Waals surface area contributed by atoms with E-state index in [4.69, 9.17) is 0 Å². The summed E-state index contributed by atoms with van der Waals surface area (Å²) in [5, 5.41) is 10.1. The Morgan fingerprint density at radius 3 is 2.71 bits per heavy atom. The van der Waals surface area contributed by atoms with Gasteiger partial charge in [-0.1, -0.05) is 40.5 Å². The van der Waals surface area contributed by atoms with Crippen molar-refractivity contribution in [2.45, 2.75) is 32.3 Å². The van der Waals surface area contributed by atoms with Crippen molar-refractivity contribution in [2.24, 2.45) is 5.92 Å². The Balaban J connectivity index is 2.26. The highest BCUT2D eigenvalue weighted by Crippen LogP contribution is 2.40. The number of aliphatic hydroxyl groups is 1. The summed E-state index contributed by atoms with van der Waals surface area (Å²) in [6.45, 7) is 2.06. The summed E-state index contributed by atoms with van der Waals surface area (Å²) in [4.78, 5) is 0. The smallest absolute Gasteiger partial charge is 0.0829 e. The quantitative estimate of drug-likeness (QED) is 0.856. The molecule has 0 radical (unpaired) electrons. The Kier molecular flexibility index (Phi) is 2.93. The lowest BCUT2D eigenvalue weighted by atomic mass is 9.78. The van der Waals surface area contributed by atoms with E-state index in [1.165, 1.54) is 24.8 Å². The van der Waals surface area contributed by atoms with Gasteiger partial charge >= 0.3 is 0 Å². The van der Waals surface area contributed by atoms with Gasteiger partial charge in [-0.3, -0.25) is 0 Å². The number of aliphatic hydroxyl groups excluding tert-OH is 1. The Morgan fingerprint density at radius 1 is 1.43 bits per heavy atom. The highest BCUT2D eigenvalue weighted by Gasteiger charge is 2.27. The molecule has 1 nitrogen and oxygen atoms in total. The minimum atomic E-state index is -0.280. The zero-order valence-electron chi connectivity index (χ0n) is 8.33. The van der Waals surface area contributed by atoms with Crippen molar-refractivity contribution >= 4 is 15.9 Å². The first kappa shape index (κ1) is 10.2. The fraction of sp³-hybridized carbons (Fsp3) is 0.500. The second-order valence-corrected chi connectivity index (χ2v) is 4.91. The molecule has 0 aromatic heterocycles. The molecule has 2 rings (SSSR count). The normalized spacial score (nSPS) is 19.1. The van der Waals surface area contributed by atoms with Gasteiger partial charge in [-0.2, -0.15) is 0 Å². The maximum Gasteiger partial charge on any atom is 0.0829 e. The molecule has 1 N–H and O–H groups in total. The van der Waals surface area contributed by atoms with E-state index in [-0.39, 0.29) is 6.10 Å². The molecule has 1 aliphatic carbocycles. The molecule has 1 aromatic carbocycles. The Hall–Kier alpha value is -0.340. The van der Waals surface area contributed by atoms with Crippen LogP contribution in [0.3, 0.4) is 0 Å². The Bertz CT molecular complexity index is 331. The number of hydrogen-bond donors (Lipinski definition) is 1. The van der Waals surface area contributed by atoms with Crippen LogP contribution in [0.25, 0.3) is 0 Å². The zero-order chi connectivity index (χ0) is 10.1. The molecule has 2 heteroatoms. The summed E-state index contributed by atoms with van der Waals surface area (Å²) in [5.41, 5.74) is 2.25. The molecule has 1 unspecified atom stereocenters. The first-order valence-electron chi connectivity index (χ1n) is 5.13. The summed E-state index contributed by atoms with van der Waals surface area (Å²) in [6, 6.07) is 6.08. The van der Waals surface area contributed by atoms with Crippen LogP contribution < -0.4 is 0 Å². The molecule has 0 aliphatic heterocycles. The molecular weight excluding hydrogens is 240 g/mol. The van der Waals surface area contributed by atoms with Gasteiger partial charge in [-0.15, -0.1) is 0 Å². The van der Waals surface area contributed by atoms with Gasteiger partial charge in [0.15, 0.2) is 0 Å². The van der Waals surface area contributed by atoms with E-state index in [1.54, 1.807) is 0 Å². The summed E-state index contributed by atoms with van der Waals surface area (Å²) < 4.78 is 1.07. The zero-order valence-corrected chi connectivity index (χ0v) is 9.92. The predicted molar refractivity (Wildman–Crippen MR) is 61.2 cm³/mol. The summed E-state index contributed by atoms with van der Waals surface area (Å²) >= 11 is 3.54. The van der Waals surface area contributed by atoms with E-state index in [9.17, 15) is 5.11 Å². The lowest BCUT2D eigenvalue weighted by molar-refractivity contribution is 0.0615. The van der Waals surface area contributed by atoms with E-state index < -0.39 is 0 Å². The van der Waals surface area contributed by atoms with Gasteiger partial charge < -0.3 is 5.11 Å². The van der Waals surface area contributed by atoms with E-state index >= 15 is 0 Å². The van der Waals surface area contributed by atoms with Gasteiger partial charge in [0, 0.05) is 4.47 Å². The second-order valence-electron chi connectivity index (χ2n) is 4.11. The molecule has 1 aromatic rings. The lowest BCUT2D eigenvalue weighted by Gasteiger charge is -2.31. The lowest BCUT2D eigenvalue weighted by Crippen LogP contribution is -2.20. The first-order chi connectivity index (χ1) is 6.70. The third kappa shape index (κ3) is 1.73. The molecule has 1 atom stereocenters. The van der Waals surface area contributed by atoms with Crippen molar-refractivity contribution in [1.82, 2.24) is 0 Å². The van der Waals surface area contributed by atoms with Crippen LogP contribution in [0.1, 0.15) is 36.5 Å². The minimum absolute atomic E-state index is 0.280. The van der Waals surface area contributed by atoms with E-state index in [1.807, 2.05) is 12.1 Å². The molecule has 1 aliphatic rings. The first-order valence-corrected chi connectivity index (χ1v) is 5.92. The van der Waals surface area contributed by atoms with Crippen LogP contribution in [0, 0.1) is 12.8 Å². The highest BCUT2D eigenvalue weighted by atomic mass is 79.9. The molecule has 0 spiro atoms. The predicted octanol–water partition coefficient (Wildman–Crippen LogP) is 3.59. The van der Waals surface area contributed by atoms with Gasteiger partial charge in [0.25, 0.3) is 0 Å². The van der Waals surface area contributed by atoms with Gasteiger partial charge in [0.2, 0.25) is 0 Å². The van der Waals surface area contributed by atoms with E-state index in [2.05, 4.69) is 28.9 Å². The molecule has 0 amide bonds. The van der Waals surface area contributed by atoms with E-state index in [0.29, 0.717) is 5.92 Å². The Labute approximate surface area is 93.3 Å². The van der Waals surface area contributed by atoms with Crippen molar-refractivity contribution in [3.8, 4) is 0 Å². The maximum absolute atomic E-state index is 10.1. The van der Waals surface area contributed by atoms with Crippen LogP contribution in [0.5, 0.6) is 0 Å². The molecule has 14 heavy (non-hydrogen) atoms. The largest absolute Gasteiger partial charge is 0.388 e. The topological polar surface area (TPSA) is 20.2 Å². The Morgan fingerprint density at radius 2 is 2.14 bits per heavy atom. The number of halogens is 1. The number of hydrogen-bond acceptors (Lipinski definition) is 1. The molecule has 76 valence electrons. The average molecular weight is 255 g/mol. The van der Waals surface area contributed by atoms with Crippen LogP contribution in [0.15, 0.2) is 22.7 Å². The minimum Gasteiger partial charge on any atom is -0.388 e. The van der Waals surface area contributed by atoms with Gasteiger partial charge in [-0.25, -0.2) is 0 Å². The SMILES string of the molecule is Cc1cccc(C(O)C2CCC2)c1Br. The third-order valence-electron chi connectivity index (χ3n) is 3.14. The van der Waals surface area contributed by atoms with Gasteiger partial charge in [0.05, 0.1) is 6.10 Å². The molecule has 0 heterocycles. The number of aryl methyl sites for hydroxylation is 1. The molecule has 1 fully saturated rings. The van der Waals surface area contributed by atoms with Crippen molar-refractivity contribution in [3.63, 3.8) is 0 Å². The highest BCUT2D eigenvalue weighted by molar-refractivity contribution is 9.10. The van der Waals surface area contributed by atoms with Gasteiger partial charge in [0.1, 0.15) is 0 Å². The second kappa shape index (κ2) is 4.03. The van der Waals surface area contributed by atoms with Crippen LogP contribution in [-0.2, 0) is 0 Å². The summed E-state index contributed by atoms with van der Waals surface area (Å²) in [7, 11) is 0. The van der Waals surface area contributed by atoms with Crippen molar-refractivity contribution in [1.29, 1.82) is 0 Å². The molecule has 1 saturated carbocycles. The van der Waals surface area contributed by atoms with E-state index in [0.717, 1.165) is 10.0 Å². The third-order valence-corrected chi connectivity index (χ3v) is 4.22. The average Bonchev–Trinajstić information content (AvgIpc) is 2.06. The summed E-state index contributed by atoms with van der Waals surface area (Å²) in [5.74, 6) is 0.480. The summed E-state index contributed by atoms with van der Waals surface area (Å²) in [6.07, 6.45) is 3.33. The number of benzene rings is 1. The fourth-order valence-electron chi connectivity index (χ4n) is 1.91. The van der Waals surface area contributed by atoms with Crippen molar-refractivity contribution < 1.29 is 5.11 Å². The molecule has 0 saturated heterocycles. The van der Waals surface area contributed by atoms with Crippen LogP contribution in [0.4, 0.5) is 0 Å². The van der Waals surface area contributed by atoms with Crippen LogP contribution >= 0.6 is 15.9 Å². The fourth-order valence-corrected chi connectivity index (χ4v) is 2.41. The van der Waals surface area contributed by atoms with Crippen molar-refractivity contribution in [2.75, 3.05) is 0 Å². The monoisotopic (exact) mass is 254 g/mol. The maximum atomic E-state index is 10.1. The van der Waals surface area contributed by atoms with Crippen LogP contribution in [0.2, 0.25) is 0 Å². The standard InChI is InChI=1S/C12H15BrO/c1-8-4-2-7-10(11(8)13)12(14)9-5-3-6-9/h2,4,7,9,12,14H,3,5-6H2,1H3. The molecule has 0 bridgehead atoms. The van der Waals surface area contributed by atoms with Gasteiger partial charge in [-0.05, 0) is 36.8 Å². The number of rotatable bonds is 2. The van der Waals surface area contributed by atoms with Crippen molar-refractivity contribution in [3.05, 3.63) is 33.8 Å². The van der Waals surface area contributed by atoms with Crippen LogP contribution in [-0.4, -0.2) is 5.11 Å². The molecular formula is C12H15BrO.